The molecule has 0 aromatic heterocycles. The van der Waals surface area contributed by atoms with Gasteiger partial charge in [0.15, 0.2) is 17.4 Å². The first-order chi connectivity index (χ1) is 8.91. The van der Waals surface area contributed by atoms with Crippen LogP contribution in [0.5, 0.6) is 0 Å². The van der Waals surface area contributed by atoms with Crippen molar-refractivity contribution in [2.45, 2.75) is 6.92 Å². The normalized spacial score (nSPS) is 10.6. The molecule has 5 heteroatoms. The number of hydrogen-bond acceptors (Lipinski definition) is 1. The first kappa shape index (κ1) is 13.8. The van der Waals surface area contributed by atoms with Crippen LogP contribution in [0, 0.1) is 24.4 Å². The van der Waals surface area contributed by atoms with Gasteiger partial charge < -0.3 is 0 Å². The van der Waals surface area contributed by atoms with Crippen molar-refractivity contribution in [2.24, 2.45) is 0 Å². The maximum absolute atomic E-state index is 13.7. The molecule has 0 heterocycles. The van der Waals surface area contributed by atoms with Crippen molar-refractivity contribution >= 4 is 21.7 Å². The van der Waals surface area contributed by atoms with E-state index in [1.807, 2.05) is 0 Å². The lowest BCUT2D eigenvalue weighted by atomic mass is 10.0. The van der Waals surface area contributed by atoms with E-state index < -0.39 is 23.2 Å². The Morgan fingerprint density at radius 3 is 2.26 bits per heavy atom. The van der Waals surface area contributed by atoms with Crippen LogP contribution in [0.3, 0.4) is 0 Å². The second-order valence-corrected chi connectivity index (χ2v) is 4.87. The third kappa shape index (κ3) is 2.56. The van der Waals surface area contributed by atoms with E-state index in [1.54, 1.807) is 0 Å². The Morgan fingerprint density at radius 1 is 1.00 bits per heavy atom. The van der Waals surface area contributed by atoms with Crippen LogP contribution in [0.25, 0.3) is 0 Å². The van der Waals surface area contributed by atoms with Crippen LogP contribution in [0.2, 0.25) is 0 Å². The van der Waals surface area contributed by atoms with Crippen molar-refractivity contribution in [3.8, 4) is 0 Å². The van der Waals surface area contributed by atoms with Gasteiger partial charge in [-0.25, -0.2) is 13.2 Å². The van der Waals surface area contributed by atoms with E-state index >= 15 is 0 Å². The standard InChI is InChI=1S/C14H8BrF3O/c1-7-2-4-10(13(18)12(7)17)14(19)9-5-3-8(16)6-11(9)15/h2-6H,1H3. The van der Waals surface area contributed by atoms with Crippen molar-refractivity contribution in [1.29, 1.82) is 0 Å². The Hall–Kier alpha value is -1.62. The van der Waals surface area contributed by atoms with E-state index in [0.29, 0.717) is 0 Å². The third-order valence-corrected chi connectivity index (χ3v) is 3.35. The Bertz CT molecular complexity index is 668. The van der Waals surface area contributed by atoms with Gasteiger partial charge in [-0.3, -0.25) is 4.79 Å². The fourth-order valence-corrected chi connectivity index (χ4v) is 2.17. The highest BCUT2D eigenvalue weighted by Crippen LogP contribution is 2.24. The van der Waals surface area contributed by atoms with Crippen LogP contribution in [-0.4, -0.2) is 5.78 Å². The quantitative estimate of drug-likeness (QED) is 0.746. The van der Waals surface area contributed by atoms with Crippen molar-refractivity contribution in [1.82, 2.24) is 0 Å². The van der Waals surface area contributed by atoms with Crippen LogP contribution in [-0.2, 0) is 0 Å². The highest BCUT2D eigenvalue weighted by molar-refractivity contribution is 9.10. The first-order valence-electron chi connectivity index (χ1n) is 5.36. The first-order valence-corrected chi connectivity index (χ1v) is 6.15. The largest absolute Gasteiger partial charge is 0.288 e. The highest BCUT2D eigenvalue weighted by Gasteiger charge is 2.20. The summed E-state index contributed by atoms with van der Waals surface area (Å²) < 4.78 is 40.3. The van der Waals surface area contributed by atoms with Gasteiger partial charge >= 0.3 is 0 Å². The van der Waals surface area contributed by atoms with Crippen LogP contribution < -0.4 is 0 Å². The number of aryl methyl sites for hydroxylation is 1. The van der Waals surface area contributed by atoms with Gasteiger partial charge in [-0.15, -0.1) is 0 Å². The molecule has 0 unspecified atom stereocenters. The number of carbonyl (C=O) groups excluding carboxylic acids is 1. The molecule has 0 aliphatic carbocycles. The predicted molar refractivity (Wildman–Crippen MR) is 68.6 cm³/mol. The lowest BCUT2D eigenvalue weighted by molar-refractivity contribution is 0.103. The molecule has 0 saturated carbocycles. The minimum Gasteiger partial charge on any atom is -0.288 e. The summed E-state index contributed by atoms with van der Waals surface area (Å²) in [7, 11) is 0. The summed E-state index contributed by atoms with van der Waals surface area (Å²) in [6.45, 7) is 1.40. The van der Waals surface area contributed by atoms with E-state index in [-0.39, 0.29) is 21.2 Å². The van der Waals surface area contributed by atoms with Gasteiger partial charge in [-0.2, -0.15) is 0 Å². The van der Waals surface area contributed by atoms with Gasteiger partial charge in [0.25, 0.3) is 0 Å². The summed E-state index contributed by atoms with van der Waals surface area (Å²) in [5.41, 5.74) is -0.189. The van der Waals surface area contributed by atoms with Gasteiger partial charge in [0.05, 0.1) is 5.56 Å². The fraction of sp³-hybridized carbons (Fsp3) is 0.0714. The molecular weight excluding hydrogens is 321 g/mol. The number of ketones is 1. The number of rotatable bonds is 2. The Kier molecular flexibility index (Phi) is 3.75. The molecule has 0 spiro atoms. The Balaban J connectivity index is 2.53. The molecule has 0 fully saturated rings. The third-order valence-electron chi connectivity index (χ3n) is 2.70. The smallest absolute Gasteiger partial charge is 0.197 e. The summed E-state index contributed by atoms with van der Waals surface area (Å²) in [5, 5.41) is 0. The average molecular weight is 329 g/mol. The molecule has 0 amide bonds. The number of halogens is 4. The predicted octanol–water partition coefficient (Wildman–Crippen LogP) is 4.41. The maximum atomic E-state index is 13.7. The summed E-state index contributed by atoms with van der Waals surface area (Å²) >= 11 is 3.03. The van der Waals surface area contributed by atoms with Crippen LogP contribution in [0.1, 0.15) is 21.5 Å². The molecule has 0 N–H and O–H groups in total. The SMILES string of the molecule is Cc1ccc(C(=O)c2ccc(F)cc2Br)c(F)c1F. The lowest BCUT2D eigenvalue weighted by Crippen LogP contribution is -2.07. The van der Waals surface area contributed by atoms with Gasteiger partial charge in [0.2, 0.25) is 0 Å². The lowest BCUT2D eigenvalue weighted by Gasteiger charge is -2.07. The van der Waals surface area contributed by atoms with E-state index in [9.17, 15) is 18.0 Å². The van der Waals surface area contributed by atoms with Crippen LogP contribution >= 0.6 is 15.9 Å². The van der Waals surface area contributed by atoms with Crippen molar-refractivity contribution in [3.63, 3.8) is 0 Å². The summed E-state index contributed by atoms with van der Waals surface area (Å²) in [4.78, 5) is 12.1. The van der Waals surface area contributed by atoms with Crippen LogP contribution in [0.15, 0.2) is 34.8 Å². The minimum atomic E-state index is -1.19. The molecule has 2 rings (SSSR count). The molecule has 19 heavy (non-hydrogen) atoms. The topological polar surface area (TPSA) is 17.1 Å². The molecule has 2 aromatic rings. The number of benzene rings is 2. The highest BCUT2D eigenvalue weighted by atomic mass is 79.9. The average Bonchev–Trinajstić information content (AvgIpc) is 2.35. The van der Waals surface area contributed by atoms with E-state index in [1.165, 1.54) is 25.1 Å². The van der Waals surface area contributed by atoms with Gasteiger partial charge in [0.1, 0.15) is 5.82 Å². The summed E-state index contributed by atoms with van der Waals surface area (Å²) in [5.74, 6) is -3.48. The van der Waals surface area contributed by atoms with E-state index in [4.69, 9.17) is 0 Å². The zero-order valence-corrected chi connectivity index (χ0v) is 11.4. The van der Waals surface area contributed by atoms with E-state index in [0.717, 1.165) is 12.1 Å². The molecular formula is C14H8BrF3O. The summed E-state index contributed by atoms with van der Waals surface area (Å²) in [6, 6.07) is 5.93. The fourth-order valence-electron chi connectivity index (χ4n) is 1.64. The van der Waals surface area contributed by atoms with Crippen molar-refractivity contribution in [2.75, 3.05) is 0 Å². The molecule has 0 aliphatic rings. The van der Waals surface area contributed by atoms with Gasteiger partial charge in [0, 0.05) is 10.0 Å². The van der Waals surface area contributed by atoms with E-state index in [2.05, 4.69) is 15.9 Å². The second kappa shape index (κ2) is 5.17. The molecule has 0 aliphatic heterocycles. The molecule has 2 aromatic carbocycles. The molecule has 98 valence electrons. The monoisotopic (exact) mass is 328 g/mol. The molecule has 0 saturated heterocycles. The minimum absolute atomic E-state index is 0.0727. The number of hydrogen-bond donors (Lipinski definition) is 0. The van der Waals surface area contributed by atoms with Crippen molar-refractivity contribution < 1.29 is 18.0 Å². The van der Waals surface area contributed by atoms with Crippen LogP contribution in [0.4, 0.5) is 13.2 Å². The molecule has 0 atom stereocenters. The Labute approximate surface area is 116 Å². The molecule has 0 radical (unpaired) electrons. The zero-order valence-electron chi connectivity index (χ0n) is 9.81. The zero-order chi connectivity index (χ0) is 14.2. The van der Waals surface area contributed by atoms with Gasteiger partial charge in [-0.05, 0) is 52.7 Å². The summed E-state index contributed by atoms with van der Waals surface area (Å²) in [6.07, 6.45) is 0. The molecule has 0 bridgehead atoms. The molecule has 1 nitrogen and oxygen atoms in total. The van der Waals surface area contributed by atoms with Gasteiger partial charge in [-0.1, -0.05) is 6.07 Å². The Morgan fingerprint density at radius 2 is 1.63 bits per heavy atom. The number of carbonyl (C=O) groups is 1. The second-order valence-electron chi connectivity index (χ2n) is 4.01. The van der Waals surface area contributed by atoms with Crippen molar-refractivity contribution in [3.05, 3.63) is 68.9 Å². The maximum Gasteiger partial charge on any atom is 0.197 e.